The van der Waals surface area contributed by atoms with Gasteiger partial charge in [-0.1, -0.05) is 13.0 Å². The number of thiophene rings is 1. The van der Waals surface area contributed by atoms with Gasteiger partial charge >= 0.3 is 0 Å². The first-order valence-corrected chi connectivity index (χ1v) is 8.91. The quantitative estimate of drug-likeness (QED) is 0.793. The van der Waals surface area contributed by atoms with E-state index < -0.39 is 9.84 Å². The van der Waals surface area contributed by atoms with E-state index in [-0.39, 0.29) is 5.75 Å². The lowest BCUT2D eigenvalue weighted by Gasteiger charge is -2.16. The summed E-state index contributed by atoms with van der Waals surface area (Å²) in [7, 11) is -2.83. The normalized spacial score (nSPS) is 13.8. The standard InChI is InChI=1S/C12H21NO2S2/c1-3-8-13-11(12-7-4-9-16-12)6-5-10-17(2,14)15/h4,7,9,11,13H,3,5-6,8,10H2,1-2H3. The molecule has 0 amide bonds. The van der Waals surface area contributed by atoms with Gasteiger partial charge in [0.15, 0.2) is 0 Å². The van der Waals surface area contributed by atoms with E-state index in [1.807, 2.05) is 6.07 Å². The molecule has 1 rings (SSSR count). The van der Waals surface area contributed by atoms with E-state index in [1.165, 1.54) is 11.1 Å². The second kappa shape index (κ2) is 7.13. The zero-order chi connectivity index (χ0) is 12.7. The van der Waals surface area contributed by atoms with Gasteiger partial charge in [0.2, 0.25) is 0 Å². The highest BCUT2D eigenvalue weighted by Crippen LogP contribution is 2.23. The molecule has 0 spiro atoms. The average molecular weight is 275 g/mol. The van der Waals surface area contributed by atoms with E-state index in [9.17, 15) is 8.42 Å². The molecule has 3 nitrogen and oxygen atoms in total. The Labute approximate surface area is 108 Å². The first-order valence-electron chi connectivity index (χ1n) is 5.97. The Kier molecular flexibility index (Phi) is 6.16. The molecule has 0 fully saturated rings. The van der Waals surface area contributed by atoms with Crippen LogP contribution < -0.4 is 5.32 Å². The van der Waals surface area contributed by atoms with E-state index in [0.717, 1.165) is 25.8 Å². The highest BCUT2D eigenvalue weighted by atomic mass is 32.2. The van der Waals surface area contributed by atoms with Gasteiger partial charge in [0.05, 0.1) is 0 Å². The van der Waals surface area contributed by atoms with Crippen LogP contribution in [0.5, 0.6) is 0 Å². The summed E-state index contributed by atoms with van der Waals surface area (Å²) in [6.07, 6.45) is 3.99. The lowest BCUT2D eigenvalue weighted by atomic mass is 10.1. The Morgan fingerprint density at radius 3 is 2.76 bits per heavy atom. The first kappa shape index (κ1) is 14.7. The van der Waals surface area contributed by atoms with Gasteiger partial charge in [0.25, 0.3) is 0 Å². The smallest absolute Gasteiger partial charge is 0.147 e. The predicted octanol–water partition coefficient (Wildman–Crippen LogP) is 2.61. The Bertz CT molecular complexity index is 398. The van der Waals surface area contributed by atoms with Crippen LogP contribution in [0.15, 0.2) is 17.5 Å². The van der Waals surface area contributed by atoms with Crippen LogP contribution in [0.4, 0.5) is 0 Å². The minimum absolute atomic E-state index is 0.280. The molecule has 1 aromatic rings. The molecule has 98 valence electrons. The van der Waals surface area contributed by atoms with Crippen LogP contribution in [0, 0.1) is 0 Å². The molecule has 1 heterocycles. The van der Waals surface area contributed by atoms with Crippen molar-refractivity contribution < 1.29 is 8.42 Å². The molecule has 1 atom stereocenters. The first-order chi connectivity index (χ1) is 8.03. The minimum atomic E-state index is -2.83. The van der Waals surface area contributed by atoms with Crippen LogP contribution in [0.3, 0.4) is 0 Å². The van der Waals surface area contributed by atoms with Crippen molar-refractivity contribution >= 4 is 21.2 Å². The van der Waals surface area contributed by atoms with Gasteiger partial charge in [0.1, 0.15) is 9.84 Å². The van der Waals surface area contributed by atoms with Crippen molar-refractivity contribution in [3.63, 3.8) is 0 Å². The lowest BCUT2D eigenvalue weighted by Crippen LogP contribution is -2.22. The van der Waals surface area contributed by atoms with Crippen molar-refractivity contribution in [2.75, 3.05) is 18.6 Å². The molecular weight excluding hydrogens is 254 g/mol. The van der Waals surface area contributed by atoms with E-state index in [4.69, 9.17) is 0 Å². The number of nitrogens with one attached hydrogen (secondary N) is 1. The molecule has 1 unspecified atom stereocenters. The lowest BCUT2D eigenvalue weighted by molar-refractivity contribution is 0.499. The number of rotatable bonds is 8. The Morgan fingerprint density at radius 2 is 2.24 bits per heavy atom. The molecule has 1 N–H and O–H groups in total. The van der Waals surface area contributed by atoms with Gasteiger partial charge in [-0.25, -0.2) is 8.42 Å². The highest BCUT2D eigenvalue weighted by Gasteiger charge is 2.12. The summed E-state index contributed by atoms with van der Waals surface area (Å²) in [6.45, 7) is 3.11. The molecular formula is C12H21NO2S2. The van der Waals surface area contributed by atoms with Gasteiger partial charge in [0, 0.05) is 22.9 Å². The van der Waals surface area contributed by atoms with Crippen molar-refractivity contribution in [1.29, 1.82) is 0 Å². The van der Waals surface area contributed by atoms with E-state index in [2.05, 4.69) is 23.7 Å². The summed E-state index contributed by atoms with van der Waals surface area (Å²) < 4.78 is 22.2. The molecule has 0 radical (unpaired) electrons. The molecule has 0 aliphatic rings. The minimum Gasteiger partial charge on any atom is -0.309 e. The molecule has 0 saturated heterocycles. The van der Waals surface area contributed by atoms with Gasteiger partial charge < -0.3 is 5.32 Å². The molecule has 0 aromatic carbocycles. The fraction of sp³-hybridized carbons (Fsp3) is 0.667. The van der Waals surface area contributed by atoms with Crippen molar-refractivity contribution in [3.05, 3.63) is 22.4 Å². The maximum Gasteiger partial charge on any atom is 0.147 e. The van der Waals surface area contributed by atoms with Crippen molar-refractivity contribution in [3.8, 4) is 0 Å². The third-order valence-corrected chi connectivity index (χ3v) is 4.55. The largest absolute Gasteiger partial charge is 0.309 e. The van der Waals surface area contributed by atoms with Crippen LogP contribution in [-0.2, 0) is 9.84 Å². The van der Waals surface area contributed by atoms with Crippen molar-refractivity contribution in [2.24, 2.45) is 0 Å². The van der Waals surface area contributed by atoms with Crippen LogP contribution in [-0.4, -0.2) is 27.0 Å². The van der Waals surface area contributed by atoms with Crippen molar-refractivity contribution in [1.82, 2.24) is 5.32 Å². The summed E-state index contributed by atoms with van der Waals surface area (Å²) in [5, 5.41) is 5.54. The SMILES string of the molecule is CCCNC(CCCS(C)(=O)=O)c1cccs1. The van der Waals surface area contributed by atoms with Gasteiger partial charge in [-0.3, -0.25) is 0 Å². The number of hydrogen-bond donors (Lipinski definition) is 1. The maximum absolute atomic E-state index is 11.1. The summed E-state index contributed by atoms with van der Waals surface area (Å²) >= 11 is 1.73. The summed E-state index contributed by atoms with van der Waals surface area (Å²) in [4.78, 5) is 1.30. The van der Waals surface area contributed by atoms with Gasteiger partial charge in [-0.15, -0.1) is 11.3 Å². The predicted molar refractivity (Wildman–Crippen MR) is 74.3 cm³/mol. The van der Waals surface area contributed by atoms with E-state index in [0.29, 0.717) is 6.04 Å². The van der Waals surface area contributed by atoms with Crippen LogP contribution >= 0.6 is 11.3 Å². The third-order valence-electron chi connectivity index (χ3n) is 2.54. The van der Waals surface area contributed by atoms with Crippen LogP contribution in [0.25, 0.3) is 0 Å². The summed E-state index contributed by atoms with van der Waals surface area (Å²) in [6, 6.07) is 4.45. The number of hydrogen-bond acceptors (Lipinski definition) is 4. The zero-order valence-corrected chi connectivity index (χ0v) is 12.1. The van der Waals surface area contributed by atoms with Gasteiger partial charge in [-0.05, 0) is 37.3 Å². The Morgan fingerprint density at radius 1 is 1.47 bits per heavy atom. The Hall–Kier alpha value is -0.390. The second-order valence-corrected chi connectivity index (χ2v) is 7.53. The van der Waals surface area contributed by atoms with E-state index >= 15 is 0 Å². The second-order valence-electron chi connectivity index (χ2n) is 4.29. The molecule has 0 bridgehead atoms. The fourth-order valence-electron chi connectivity index (χ4n) is 1.70. The van der Waals surface area contributed by atoms with Crippen LogP contribution in [0.1, 0.15) is 37.1 Å². The third kappa shape index (κ3) is 6.19. The molecule has 0 aliphatic carbocycles. The van der Waals surface area contributed by atoms with Crippen LogP contribution in [0.2, 0.25) is 0 Å². The molecule has 1 aromatic heterocycles. The molecule has 17 heavy (non-hydrogen) atoms. The average Bonchev–Trinajstić information content (AvgIpc) is 2.74. The van der Waals surface area contributed by atoms with Crippen molar-refractivity contribution in [2.45, 2.75) is 32.2 Å². The molecule has 5 heteroatoms. The van der Waals surface area contributed by atoms with Gasteiger partial charge in [-0.2, -0.15) is 0 Å². The fourth-order valence-corrected chi connectivity index (χ4v) is 3.23. The maximum atomic E-state index is 11.1. The summed E-state index contributed by atoms with van der Waals surface area (Å²) in [5.41, 5.74) is 0. The Balaban J connectivity index is 2.47. The monoisotopic (exact) mass is 275 g/mol. The topological polar surface area (TPSA) is 46.2 Å². The van der Waals surface area contributed by atoms with E-state index in [1.54, 1.807) is 11.3 Å². The number of sulfone groups is 1. The summed E-state index contributed by atoms with van der Waals surface area (Å²) in [5.74, 6) is 0.280. The highest BCUT2D eigenvalue weighted by molar-refractivity contribution is 7.90. The molecule has 0 saturated carbocycles. The zero-order valence-electron chi connectivity index (χ0n) is 10.5. The molecule has 0 aliphatic heterocycles.